The Balaban J connectivity index is 1.96. The van der Waals surface area contributed by atoms with Crippen LogP contribution in [0.5, 0.6) is 0 Å². The van der Waals surface area contributed by atoms with Crippen molar-refractivity contribution in [1.29, 1.82) is 0 Å². The molecule has 2 aliphatic rings. The second-order valence-corrected chi connectivity index (χ2v) is 3.36. The van der Waals surface area contributed by atoms with Crippen molar-refractivity contribution < 1.29 is 9.59 Å². The predicted molar refractivity (Wildman–Crippen MR) is 45.9 cm³/mol. The number of carbonyl (C=O) groups excluding carboxylic acids is 2. The van der Waals surface area contributed by atoms with Gasteiger partial charge < -0.3 is 0 Å². The average molecular weight is 181 g/mol. The Morgan fingerprint density at radius 1 is 1.38 bits per heavy atom. The lowest BCUT2D eigenvalue weighted by Crippen LogP contribution is -2.26. The molecule has 2 rings (SSSR count). The van der Waals surface area contributed by atoms with Crippen LogP contribution in [0.15, 0.2) is 4.99 Å². The maximum atomic E-state index is 10.7. The SMILES string of the molecule is CCC1CC1N=C1NC(=O)C(=O)N1. The van der Waals surface area contributed by atoms with Crippen LogP contribution in [0, 0.1) is 5.92 Å². The zero-order valence-electron chi connectivity index (χ0n) is 7.33. The summed E-state index contributed by atoms with van der Waals surface area (Å²) in [6, 6.07) is 0.290. The van der Waals surface area contributed by atoms with E-state index in [1.807, 2.05) is 0 Å². The molecular weight excluding hydrogens is 170 g/mol. The molecule has 5 heteroatoms. The third kappa shape index (κ3) is 1.54. The minimum atomic E-state index is -0.618. The molecule has 2 N–H and O–H groups in total. The second-order valence-electron chi connectivity index (χ2n) is 3.36. The third-order valence-corrected chi connectivity index (χ3v) is 2.37. The van der Waals surface area contributed by atoms with E-state index in [-0.39, 0.29) is 0 Å². The minimum absolute atomic E-state index is 0.290. The Kier molecular flexibility index (Phi) is 1.79. The third-order valence-electron chi connectivity index (χ3n) is 2.37. The molecule has 0 spiro atoms. The van der Waals surface area contributed by atoms with Gasteiger partial charge in [-0.1, -0.05) is 13.3 Å². The number of amides is 2. The van der Waals surface area contributed by atoms with Crippen molar-refractivity contribution in [3.05, 3.63) is 0 Å². The summed E-state index contributed by atoms with van der Waals surface area (Å²) in [5.74, 6) is -0.294. The van der Waals surface area contributed by atoms with Crippen LogP contribution in [0.1, 0.15) is 19.8 Å². The van der Waals surface area contributed by atoms with Gasteiger partial charge in [0.1, 0.15) is 0 Å². The highest BCUT2D eigenvalue weighted by atomic mass is 16.2. The molecule has 1 saturated heterocycles. The van der Waals surface area contributed by atoms with E-state index in [9.17, 15) is 9.59 Å². The first-order chi connectivity index (χ1) is 6.20. The molecule has 2 amide bonds. The largest absolute Gasteiger partial charge is 0.316 e. The van der Waals surface area contributed by atoms with Crippen molar-refractivity contribution in [2.45, 2.75) is 25.8 Å². The van der Waals surface area contributed by atoms with Crippen LogP contribution in [0.25, 0.3) is 0 Å². The van der Waals surface area contributed by atoms with Gasteiger partial charge in [-0.2, -0.15) is 0 Å². The summed E-state index contributed by atoms with van der Waals surface area (Å²) in [5, 5.41) is 4.74. The Hall–Kier alpha value is -1.39. The lowest BCUT2D eigenvalue weighted by Gasteiger charge is -1.94. The molecule has 1 heterocycles. The summed E-state index contributed by atoms with van der Waals surface area (Å²) < 4.78 is 0. The van der Waals surface area contributed by atoms with Crippen molar-refractivity contribution in [2.24, 2.45) is 10.9 Å². The minimum Gasteiger partial charge on any atom is -0.288 e. The van der Waals surface area contributed by atoms with E-state index in [4.69, 9.17) is 0 Å². The second kappa shape index (κ2) is 2.83. The molecule has 13 heavy (non-hydrogen) atoms. The van der Waals surface area contributed by atoms with Crippen molar-refractivity contribution >= 4 is 17.8 Å². The lowest BCUT2D eigenvalue weighted by molar-refractivity contribution is -0.135. The maximum Gasteiger partial charge on any atom is 0.316 e. The number of guanidine groups is 1. The topological polar surface area (TPSA) is 70.6 Å². The summed E-state index contributed by atoms with van der Waals surface area (Å²) in [6.07, 6.45) is 2.16. The number of nitrogens with zero attached hydrogens (tertiary/aromatic N) is 1. The van der Waals surface area contributed by atoms with Crippen LogP contribution in [-0.4, -0.2) is 23.8 Å². The molecule has 2 atom stereocenters. The Labute approximate surface area is 75.6 Å². The molecule has 0 aromatic rings. The van der Waals surface area contributed by atoms with Gasteiger partial charge in [0, 0.05) is 0 Å². The van der Waals surface area contributed by atoms with E-state index in [1.54, 1.807) is 0 Å². The Morgan fingerprint density at radius 2 is 2.00 bits per heavy atom. The van der Waals surface area contributed by atoms with Gasteiger partial charge in [0.25, 0.3) is 0 Å². The van der Waals surface area contributed by atoms with Gasteiger partial charge in [-0.3, -0.25) is 20.2 Å². The van der Waals surface area contributed by atoms with Crippen LogP contribution in [-0.2, 0) is 9.59 Å². The number of aliphatic imine (C=N–C) groups is 1. The zero-order chi connectivity index (χ0) is 9.42. The first kappa shape index (κ1) is 8.22. The zero-order valence-corrected chi connectivity index (χ0v) is 7.33. The molecule has 2 unspecified atom stereocenters. The first-order valence-electron chi connectivity index (χ1n) is 4.41. The van der Waals surface area contributed by atoms with E-state index in [1.165, 1.54) is 0 Å². The molecule has 0 bridgehead atoms. The van der Waals surface area contributed by atoms with E-state index in [0.717, 1.165) is 12.8 Å². The lowest BCUT2D eigenvalue weighted by atomic mass is 10.3. The van der Waals surface area contributed by atoms with Crippen LogP contribution < -0.4 is 10.6 Å². The Bertz CT molecular complexity index is 280. The fourth-order valence-electron chi connectivity index (χ4n) is 1.42. The van der Waals surface area contributed by atoms with Gasteiger partial charge >= 0.3 is 11.8 Å². The van der Waals surface area contributed by atoms with Crippen LogP contribution >= 0.6 is 0 Å². The fourth-order valence-corrected chi connectivity index (χ4v) is 1.42. The van der Waals surface area contributed by atoms with Crippen LogP contribution in [0.2, 0.25) is 0 Å². The number of hydrogen-bond acceptors (Lipinski definition) is 3. The van der Waals surface area contributed by atoms with Gasteiger partial charge in [-0.25, -0.2) is 4.99 Å². The maximum absolute atomic E-state index is 10.7. The molecule has 2 fully saturated rings. The number of rotatable bonds is 2. The van der Waals surface area contributed by atoms with Gasteiger partial charge in [-0.15, -0.1) is 0 Å². The monoisotopic (exact) mass is 181 g/mol. The molecule has 1 aliphatic carbocycles. The quantitative estimate of drug-likeness (QED) is 0.558. The molecule has 0 aromatic heterocycles. The van der Waals surface area contributed by atoms with Crippen LogP contribution in [0.3, 0.4) is 0 Å². The van der Waals surface area contributed by atoms with E-state index in [0.29, 0.717) is 17.9 Å². The fraction of sp³-hybridized carbons (Fsp3) is 0.625. The number of nitrogens with one attached hydrogen (secondary N) is 2. The Morgan fingerprint density at radius 3 is 2.46 bits per heavy atom. The molecule has 5 nitrogen and oxygen atoms in total. The highest BCUT2D eigenvalue weighted by molar-refractivity contribution is 6.45. The van der Waals surface area contributed by atoms with Crippen LogP contribution in [0.4, 0.5) is 0 Å². The molecular formula is C8H11N3O2. The predicted octanol–water partition coefficient (Wildman–Crippen LogP) is -0.613. The summed E-state index contributed by atoms with van der Waals surface area (Å²) in [6.45, 7) is 2.11. The van der Waals surface area contributed by atoms with E-state index >= 15 is 0 Å². The standard InChI is InChI=1S/C8H11N3O2/c1-2-4-3-5(4)9-8-10-6(12)7(13)11-8/h4-5H,2-3H2,1H3,(H2,9,10,11,12,13). The van der Waals surface area contributed by atoms with Gasteiger partial charge in [-0.05, 0) is 12.3 Å². The van der Waals surface area contributed by atoms with E-state index < -0.39 is 11.8 Å². The van der Waals surface area contributed by atoms with Crippen molar-refractivity contribution in [3.63, 3.8) is 0 Å². The highest BCUT2D eigenvalue weighted by Gasteiger charge is 2.37. The highest BCUT2D eigenvalue weighted by Crippen LogP contribution is 2.36. The summed E-state index contributed by atoms with van der Waals surface area (Å²) in [4.78, 5) is 25.7. The molecule has 0 aromatic carbocycles. The van der Waals surface area contributed by atoms with Crippen molar-refractivity contribution in [3.8, 4) is 0 Å². The number of hydrogen-bond donors (Lipinski definition) is 2. The summed E-state index contributed by atoms with van der Waals surface area (Å²) in [7, 11) is 0. The molecule has 0 radical (unpaired) electrons. The van der Waals surface area contributed by atoms with Gasteiger partial charge in [0.2, 0.25) is 5.96 Å². The first-order valence-corrected chi connectivity index (χ1v) is 4.41. The summed E-state index contributed by atoms with van der Waals surface area (Å²) >= 11 is 0. The number of carbonyl (C=O) groups is 2. The summed E-state index contributed by atoms with van der Waals surface area (Å²) in [5.41, 5.74) is 0. The average Bonchev–Trinajstić information content (AvgIpc) is 2.75. The molecule has 70 valence electrons. The molecule has 1 aliphatic heterocycles. The molecule has 1 saturated carbocycles. The van der Waals surface area contributed by atoms with Crippen molar-refractivity contribution in [2.75, 3.05) is 0 Å². The smallest absolute Gasteiger partial charge is 0.288 e. The van der Waals surface area contributed by atoms with Crippen molar-refractivity contribution in [1.82, 2.24) is 10.6 Å². The van der Waals surface area contributed by atoms with E-state index in [2.05, 4.69) is 22.5 Å². The van der Waals surface area contributed by atoms with Gasteiger partial charge in [0.05, 0.1) is 6.04 Å². The normalized spacial score (nSPS) is 31.3. The van der Waals surface area contributed by atoms with Gasteiger partial charge in [0.15, 0.2) is 0 Å².